The molecular weight excluding hydrogens is 429 g/mol. The van der Waals surface area contributed by atoms with Gasteiger partial charge in [-0.1, -0.05) is 62.1 Å². The lowest BCUT2D eigenvalue weighted by Gasteiger charge is -2.43. The van der Waals surface area contributed by atoms with Crippen molar-refractivity contribution in [1.29, 1.82) is 0 Å². The number of likely N-dealkylation sites (tertiary alicyclic amines) is 1. The van der Waals surface area contributed by atoms with E-state index in [1.165, 1.54) is 16.0 Å². The molecule has 2 fully saturated rings. The van der Waals surface area contributed by atoms with Crippen molar-refractivity contribution in [2.45, 2.75) is 71.2 Å². The third-order valence-corrected chi connectivity index (χ3v) is 7.68. The Kier molecular flexibility index (Phi) is 7.63. The van der Waals surface area contributed by atoms with Crippen LogP contribution in [0.15, 0.2) is 41.0 Å². The van der Waals surface area contributed by atoms with Crippen molar-refractivity contribution in [2.75, 3.05) is 7.05 Å². The van der Waals surface area contributed by atoms with E-state index in [1.807, 2.05) is 18.2 Å². The Hall–Kier alpha value is -2.38. The fraction of sp³-hybridized carbons (Fsp3) is 0.556. The van der Waals surface area contributed by atoms with Gasteiger partial charge in [0.1, 0.15) is 5.75 Å². The second-order valence-corrected chi connectivity index (χ2v) is 9.95. The van der Waals surface area contributed by atoms with Crippen LogP contribution < -0.4 is 0 Å². The van der Waals surface area contributed by atoms with E-state index in [9.17, 15) is 19.7 Å². The molecule has 0 unspecified atom stereocenters. The average molecular weight is 465 g/mol. The minimum atomic E-state index is -0.939. The summed E-state index contributed by atoms with van der Waals surface area (Å²) in [6, 6.07) is 7.33. The number of fused-ring (bicyclic) bond motifs is 3. The first-order chi connectivity index (χ1) is 16.3. The van der Waals surface area contributed by atoms with Gasteiger partial charge >= 0.3 is 7.12 Å². The van der Waals surface area contributed by atoms with Gasteiger partial charge in [-0.3, -0.25) is 14.5 Å². The molecule has 0 aromatic heterocycles. The second kappa shape index (κ2) is 10.5. The van der Waals surface area contributed by atoms with E-state index in [0.29, 0.717) is 19.2 Å². The van der Waals surface area contributed by atoms with Crippen LogP contribution in [0, 0.1) is 17.8 Å². The molecule has 0 radical (unpaired) electrons. The summed E-state index contributed by atoms with van der Waals surface area (Å²) >= 11 is 0. The van der Waals surface area contributed by atoms with E-state index in [2.05, 4.69) is 19.9 Å². The van der Waals surface area contributed by atoms with Gasteiger partial charge in [-0.05, 0) is 56.0 Å². The zero-order valence-electron chi connectivity index (χ0n) is 20.5. The summed E-state index contributed by atoms with van der Waals surface area (Å²) in [7, 11) is 0.641. The molecule has 0 spiro atoms. The highest BCUT2D eigenvalue weighted by molar-refractivity contribution is 6.43. The summed E-state index contributed by atoms with van der Waals surface area (Å²) in [5, 5.41) is 20.8. The van der Waals surface area contributed by atoms with Crippen LogP contribution in [0.4, 0.5) is 0 Å². The van der Waals surface area contributed by atoms with E-state index in [4.69, 9.17) is 4.65 Å². The summed E-state index contributed by atoms with van der Waals surface area (Å²) < 4.78 is 6.08. The molecule has 2 saturated heterocycles. The molecule has 1 aliphatic carbocycles. The minimum Gasteiger partial charge on any atom is -0.507 e. The van der Waals surface area contributed by atoms with E-state index in [0.717, 1.165) is 43.2 Å². The zero-order valence-corrected chi connectivity index (χ0v) is 20.5. The normalized spacial score (nSPS) is 27.4. The SMILES string of the molecule is CCCC1=C2[C@@H](CC/C(=C/c3ccccc3O)CCC)OB(O)C[C@@H]2[C@@H]2C(=O)N(C)C(=O)[C@@H]2C1. The van der Waals surface area contributed by atoms with Crippen molar-refractivity contribution in [3.05, 3.63) is 46.5 Å². The Morgan fingerprint density at radius 2 is 1.91 bits per heavy atom. The number of hydrogen-bond donors (Lipinski definition) is 2. The number of hydrogen-bond acceptors (Lipinski definition) is 5. The maximum absolute atomic E-state index is 13.0. The lowest BCUT2D eigenvalue weighted by Crippen LogP contribution is -2.46. The maximum Gasteiger partial charge on any atom is 0.455 e. The Labute approximate surface area is 202 Å². The molecule has 1 aromatic carbocycles. The number of carbonyl (C=O) groups excluding carboxylic acids is 2. The number of phenolic OH excluding ortho intramolecular Hbond substituents is 1. The fourth-order valence-corrected chi connectivity index (χ4v) is 6.20. The van der Waals surface area contributed by atoms with Crippen LogP contribution in [0.5, 0.6) is 5.75 Å². The first-order valence-electron chi connectivity index (χ1n) is 12.7. The second-order valence-electron chi connectivity index (χ2n) is 9.95. The molecule has 4 atom stereocenters. The van der Waals surface area contributed by atoms with Crippen LogP contribution >= 0.6 is 0 Å². The van der Waals surface area contributed by atoms with Crippen molar-refractivity contribution in [2.24, 2.45) is 17.8 Å². The summed E-state index contributed by atoms with van der Waals surface area (Å²) in [5.74, 6) is -0.785. The smallest absolute Gasteiger partial charge is 0.455 e. The number of para-hydroxylation sites is 1. The Balaban J connectivity index is 1.63. The first kappa shape index (κ1) is 24.7. The first-order valence-corrected chi connectivity index (χ1v) is 12.7. The minimum absolute atomic E-state index is 0.0870. The van der Waals surface area contributed by atoms with Gasteiger partial charge in [0.2, 0.25) is 11.8 Å². The Bertz CT molecular complexity index is 1000. The van der Waals surface area contributed by atoms with Crippen molar-refractivity contribution >= 4 is 25.0 Å². The van der Waals surface area contributed by atoms with Crippen molar-refractivity contribution in [3.8, 4) is 5.75 Å². The van der Waals surface area contributed by atoms with Gasteiger partial charge in [0, 0.05) is 12.6 Å². The van der Waals surface area contributed by atoms with E-state index >= 15 is 0 Å². The molecule has 4 rings (SSSR count). The standard InChI is InChI=1S/C27H36BNO5/c1-4-8-17(14-18-10-6-7-11-22(18)30)12-13-23-24-19(9-5-2)15-20-25(21(24)16-28(33)34-23)27(32)29(3)26(20)31/h6-7,10-11,14,20-21,23,25,30,33H,4-5,8-9,12-13,15-16H2,1-3H3/b17-14+/t20-,21+,23-,25-/m1/s1. The monoisotopic (exact) mass is 465 g/mol. The average Bonchev–Trinajstić information content (AvgIpc) is 3.02. The van der Waals surface area contributed by atoms with Crippen LogP contribution in [0.2, 0.25) is 6.32 Å². The zero-order chi connectivity index (χ0) is 24.4. The molecule has 2 amide bonds. The molecule has 34 heavy (non-hydrogen) atoms. The van der Waals surface area contributed by atoms with Crippen molar-refractivity contribution in [1.82, 2.24) is 4.90 Å². The number of rotatable bonds is 8. The Morgan fingerprint density at radius 3 is 2.62 bits per heavy atom. The topological polar surface area (TPSA) is 87.1 Å². The largest absolute Gasteiger partial charge is 0.507 e. The quantitative estimate of drug-likeness (QED) is 0.333. The lowest BCUT2D eigenvalue weighted by molar-refractivity contribution is -0.138. The van der Waals surface area contributed by atoms with E-state index in [-0.39, 0.29) is 41.4 Å². The number of imide groups is 1. The highest BCUT2D eigenvalue weighted by Gasteiger charge is 2.56. The van der Waals surface area contributed by atoms with Gasteiger partial charge in [-0.15, -0.1) is 0 Å². The number of amides is 2. The molecule has 2 N–H and O–H groups in total. The maximum atomic E-state index is 13.0. The molecule has 182 valence electrons. The molecule has 0 saturated carbocycles. The highest BCUT2D eigenvalue weighted by atomic mass is 16.5. The van der Waals surface area contributed by atoms with Gasteiger partial charge in [-0.2, -0.15) is 0 Å². The number of benzene rings is 1. The molecule has 6 nitrogen and oxygen atoms in total. The molecule has 7 heteroatoms. The van der Waals surface area contributed by atoms with Gasteiger partial charge in [0.25, 0.3) is 0 Å². The molecule has 2 heterocycles. The third-order valence-electron chi connectivity index (χ3n) is 7.68. The van der Waals surface area contributed by atoms with Crippen molar-refractivity contribution < 1.29 is 24.4 Å². The summed E-state index contributed by atoms with van der Waals surface area (Å²) in [6.07, 6.45) is 7.99. The fourth-order valence-electron chi connectivity index (χ4n) is 6.20. The summed E-state index contributed by atoms with van der Waals surface area (Å²) in [4.78, 5) is 27.1. The predicted molar refractivity (Wildman–Crippen MR) is 133 cm³/mol. The molecule has 3 aliphatic rings. The third kappa shape index (κ3) is 4.73. The summed E-state index contributed by atoms with van der Waals surface area (Å²) in [6.45, 7) is 4.27. The van der Waals surface area contributed by atoms with Crippen LogP contribution in [-0.4, -0.2) is 47.1 Å². The molecule has 2 aliphatic heterocycles. The van der Waals surface area contributed by atoms with Crippen molar-refractivity contribution in [3.63, 3.8) is 0 Å². The molecule has 1 aromatic rings. The number of carbonyl (C=O) groups is 2. The lowest BCUT2D eigenvalue weighted by atomic mass is 9.58. The van der Waals surface area contributed by atoms with Gasteiger partial charge in [-0.25, -0.2) is 0 Å². The van der Waals surface area contributed by atoms with E-state index < -0.39 is 7.12 Å². The molecular formula is C27H36BNO5. The summed E-state index contributed by atoms with van der Waals surface area (Å²) in [5.41, 5.74) is 4.42. The van der Waals surface area contributed by atoms with Crippen LogP contribution in [0.1, 0.15) is 64.4 Å². The van der Waals surface area contributed by atoms with E-state index in [1.54, 1.807) is 13.1 Å². The van der Waals surface area contributed by atoms with Gasteiger partial charge in [0.05, 0.1) is 17.9 Å². The van der Waals surface area contributed by atoms with Crippen LogP contribution in [0.3, 0.4) is 0 Å². The number of aromatic hydroxyl groups is 1. The highest BCUT2D eigenvalue weighted by Crippen LogP contribution is 2.51. The Morgan fingerprint density at radius 1 is 1.15 bits per heavy atom. The van der Waals surface area contributed by atoms with Gasteiger partial charge < -0.3 is 14.8 Å². The molecule has 0 bridgehead atoms. The van der Waals surface area contributed by atoms with Crippen LogP contribution in [0.25, 0.3) is 6.08 Å². The predicted octanol–water partition coefficient (Wildman–Crippen LogP) is 4.58. The number of phenols is 1. The number of allylic oxidation sites excluding steroid dienone is 2. The van der Waals surface area contributed by atoms with Gasteiger partial charge in [0.15, 0.2) is 0 Å². The van der Waals surface area contributed by atoms with Crippen LogP contribution in [-0.2, 0) is 14.2 Å². The number of nitrogens with zero attached hydrogens (tertiary/aromatic N) is 1.